The lowest BCUT2D eigenvalue weighted by atomic mass is 9.83. The molecular formula is C19H13F5N4O2. The van der Waals surface area contributed by atoms with E-state index in [0.717, 1.165) is 0 Å². The summed E-state index contributed by atoms with van der Waals surface area (Å²) in [4.78, 5) is 12.9. The minimum atomic E-state index is -4.78. The first-order valence-electron chi connectivity index (χ1n) is 8.71. The highest BCUT2D eigenvalue weighted by Gasteiger charge is 2.45. The van der Waals surface area contributed by atoms with Crippen LogP contribution in [0.1, 0.15) is 47.6 Å². The number of rotatable bonds is 4. The summed E-state index contributed by atoms with van der Waals surface area (Å²) in [6.45, 7) is 0. The van der Waals surface area contributed by atoms with Crippen LogP contribution in [0.2, 0.25) is 0 Å². The molecule has 6 nitrogen and oxygen atoms in total. The smallest absolute Gasteiger partial charge is 0.338 e. The van der Waals surface area contributed by atoms with Gasteiger partial charge >= 0.3 is 6.18 Å². The van der Waals surface area contributed by atoms with Crippen LogP contribution < -0.4 is 5.32 Å². The molecule has 1 aromatic carbocycles. The summed E-state index contributed by atoms with van der Waals surface area (Å²) in [6.07, 6.45) is -5.83. The summed E-state index contributed by atoms with van der Waals surface area (Å²) >= 11 is 0. The van der Waals surface area contributed by atoms with Crippen LogP contribution in [0.3, 0.4) is 0 Å². The zero-order valence-electron chi connectivity index (χ0n) is 15.1. The number of benzene rings is 1. The molecule has 30 heavy (non-hydrogen) atoms. The number of nitrogens with one attached hydrogen (secondary N) is 1. The molecule has 1 amide bonds. The number of amides is 1. The Kier molecular flexibility index (Phi) is 5.49. The van der Waals surface area contributed by atoms with Gasteiger partial charge in [-0.05, 0) is 30.0 Å². The molecular weight excluding hydrogens is 411 g/mol. The summed E-state index contributed by atoms with van der Waals surface area (Å²) in [5.41, 5.74) is -1.16. The third-order valence-corrected chi connectivity index (χ3v) is 4.89. The molecule has 0 radical (unpaired) electrons. The van der Waals surface area contributed by atoms with Crippen molar-refractivity contribution >= 4 is 11.8 Å². The van der Waals surface area contributed by atoms with Gasteiger partial charge in [0.25, 0.3) is 0 Å². The molecule has 3 rings (SSSR count). The molecule has 0 aliphatic heterocycles. The van der Waals surface area contributed by atoms with Gasteiger partial charge in [0.2, 0.25) is 17.7 Å². The van der Waals surface area contributed by atoms with Crippen molar-refractivity contribution in [1.29, 1.82) is 10.5 Å². The van der Waals surface area contributed by atoms with E-state index in [1.807, 2.05) is 6.07 Å². The highest BCUT2D eigenvalue weighted by Crippen LogP contribution is 2.46. The van der Waals surface area contributed by atoms with Gasteiger partial charge in [-0.2, -0.15) is 23.7 Å². The average molecular weight is 424 g/mol. The van der Waals surface area contributed by atoms with Gasteiger partial charge in [0.1, 0.15) is 12.1 Å². The van der Waals surface area contributed by atoms with Gasteiger partial charge in [0.15, 0.2) is 5.69 Å². The molecule has 2 unspecified atom stereocenters. The SMILES string of the molecule is N#Cc1ccc(C(C(=O)Nc2cc(C(F)(F)F)no2)C2CCC(F)(F)C2)cc1C#N. The minimum absolute atomic E-state index is 0.00280. The van der Waals surface area contributed by atoms with E-state index in [4.69, 9.17) is 5.26 Å². The predicted molar refractivity (Wildman–Crippen MR) is 91.0 cm³/mol. The average Bonchev–Trinajstić information content (AvgIpc) is 3.28. The van der Waals surface area contributed by atoms with Crippen molar-refractivity contribution in [1.82, 2.24) is 5.16 Å². The van der Waals surface area contributed by atoms with E-state index in [2.05, 4.69) is 15.0 Å². The molecule has 1 heterocycles. The lowest BCUT2D eigenvalue weighted by Gasteiger charge is -2.23. The standard InChI is InChI=1S/C19H13F5N4O2/c20-18(21)4-3-11(7-18)16(10-1-2-12(8-25)13(5-10)9-26)17(29)27-15-6-14(28-30-15)19(22,23)24/h1-2,5-6,11,16H,3-4,7H2,(H,27,29). The Morgan fingerprint density at radius 3 is 2.47 bits per heavy atom. The monoisotopic (exact) mass is 424 g/mol. The fourth-order valence-corrected chi connectivity index (χ4v) is 3.52. The molecule has 156 valence electrons. The first kappa shape index (κ1) is 21.2. The van der Waals surface area contributed by atoms with Crippen LogP contribution >= 0.6 is 0 Å². The molecule has 2 atom stereocenters. The van der Waals surface area contributed by atoms with Crippen LogP contribution in [0.4, 0.5) is 27.8 Å². The largest absolute Gasteiger partial charge is 0.436 e. The highest BCUT2D eigenvalue weighted by molar-refractivity contribution is 5.95. The van der Waals surface area contributed by atoms with Gasteiger partial charge in [0.05, 0.1) is 17.0 Å². The van der Waals surface area contributed by atoms with Crippen LogP contribution in [0.5, 0.6) is 0 Å². The van der Waals surface area contributed by atoms with Crippen molar-refractivity contribution in [2.45, 2.75) is 37.3 Å². The Labute approximate surface area is 166 Å². The zero-order valence-corrected chi connectivity index (χ0v) is 15.1. The molecule has 1 aliphatic rings. The lowest BCUT2D eigenvalue weighted by Crippen LogP contribution is -2.27. The number of hydrogen-bond donors (Lipinski definition) is 1. The van der Waals surface area contributed by atoms with Crippen molar-refractivity contribution in [2.75, 3.05) is 5.32 Å². The van der Waals surface area contributed by atoms with Crippen LogP contribution in [-0.2, 0) is 11.0 Å². The molecule has 0 bridgehead atoms. The minimum Gasteiger partial charge on any atom is -0.338 e. The van der Waals surface area contributed by atoms with Gasteiger partial charge in [-0.25, -0.2) is 8.78 Å². The Bertz CT molecular complexity index is 1050. The molecule has 2 aromatic rings. The van der Waals surface area contributed by atoms with E-state index >= 15 is 0 Å². The van der Waals surface area contributed by atoms with Gasteiger partial charge in [0, 0.05) is 18.9 Å². The number of carbonyl (C=O) groups is 1. The van der Waals surface area contributed by atoms with E-state index in [9.17, 15) is 32.0 Å². The number of alkyl halides is 5. The number of anilines is 1. The molecule has 0 spiro atoms. The quantitative estimate of drug-likeness (QED) is 0.723. The second-order valence-electron chi connectivity index (χ2n) is 6.93. The van der Waals surface area contributed by atoms with Crippen molar-refractivity contribution < 1.29 is 31.3 Å². The van der Waals surface area contributed by atoms with Crippen LogP contribution in [-0.4, -0.2) is 17.0 Å². The molecule has 0 saturated heterocycles. The second-order valence-corrected chi connectivity index (χ2v) is 6.93. The highest BCUT2D eigenvalue weighted by atomic mass is 19.4. The summed E-state index contributed by atoms with van der Waals surface area (Å²) in [6, 6.07) is 8.00. The number of nitrogens with zero attached hydrogens (tertiary/aromatic N) is 3. The number of nitriles is 2. The van der Waals surface area contributed by atoms with Gasteiger partial charge in [-0.15, -0.1) is 0 Å². The van der Waals surface area contributed by atoms with Crippen molar-refractivity contribution in [3.63, 3.8) is 0 Å². The summed E-state index contributed by atoms with van der Waals surface area (Å²) in [5.74, 6) is -6.47. The molecule has 11 heteroatoms. The van der Waals surface area contributed by atoms with Gasteiger partial charge in [-0.1, -0.05) is 11.2 Å². The fraction of sp³-hybridized carbons (Fsp3) is 0.368. The number of carbonyl (C=O) groups excluding carboxylic acids is 1. The van der Waals surface area contributed by atoms with E-state index in [-0.39, 0.29) is 23.1 Å². The molecule has 1 fully saturated rings. The summed E-state index contributed by atoms with van der Waals surface area (Å²) in [7, 11) is 0. The Balaban J connectivity index is 1.94. The molecule has 1 aliphatic carbocycles. The number of hydrogen-bond acceptors (Lipinski definition) is 5. The van der Waals surface area contributed by atoms with Crippen LogP contribution in [0, 0.1) is 28.6 Å². The van der Waals surface area contributed by atoms with Gasteiger partial charge < -0.3 is 4.52 Å². The van der Waals surface area contributed by atoms with Crippen molar-refractivity contribution in [3.05, 3.63) is 46.6 Å². The summed E-state index contributed by atoms with van der Waals surface area (Å²) in [5, 5.41) is 23.2. The van der Waals surface area contributed by atoms with Gasteiger partial charge in [-0.3, -0.25) is 10.1 Å². The second kappa shape index (κ2) is 7.75. The predicted octanol–water partition coefficient (Wildman–Crippen LogP) is 4.59. The molecule has 1 N–H and O–H groups in total. The Morgan fingerprint density at radius 1 is 1.23 bits per heavy atom. The first-order chi connectivity index (χ1) is 14.0. The normalized spacial score (nSPS) is 19.0. The number of halogens is 5. The topological polar surface area (TPSA) is 103 Å². The van der Waals surface area contributed by atoms with E-state index in [0.29, 0.717) is 6.07 Å². The maximum absolute atomic E-state index is 13.8. The van der Waals surface area contributed by atoms with E-state index < -0.39 is 54.3 Å². The summed E-state index contributed by atoms with van der Waals surface area (Å²) < 4.78 is 70.1. The fourth-order valence-electron chi connectivity index (χ4n) is 3.52. The Morgan fingerprint density at radius 2 is 1.93 bits per heavy atom. The van der Waals surface area contributed by atoms with E-state index in [1.54, 1.807) is 6.07 Å². The number of aromatic nitrogens is 1. The van der Waals surface area contributed by atoms with Crippen molar-refractivity contribution in [2.24, 2.45) is 5.92 Å². The Hall–Kier alpha value is -3.47. The molecule has 1 aromatic heterocycles. The third kappa shape index (κ3) is 4.40. The maximum Gasteiger partial charge on any atom is 0.436 e. The molecule has 1 saturated carbocycles. The maximum atomic E-state index is 13.8. The third-order valence-electron chi connectivity index (χ3n) is 4.89. The van der Waals surface area contributed by atoms with Crippen molar-refractivity contribution in [3.8, 4) is 12.1 Å². The zero-order chi connectivity index (χ0) is 22.1. The van der Waals surface area contributed by atoms with Crippen LogP contribution in [0.15, 0.2) is 28.8 Å². The van der Waals surface area contributed by atoms with Crippen LogP contribution in [0.25, 0.3) is 0 Å². The first-order valence-corrected chi connectivity index (χ1v) is 8.71. The lowest BCUT2D eigenvalue weighted by molar-refractivity contribution is -0.142. The van der Waals surface area contributed by atoms with E-state index in [1.165, 1.54) is 18.2 Å².